The highest BCUT2D eigenvalue weighted by atomic mass is 35.5. The molecule has 1 heterocycles. The Bertz CT molecular complexity index is 651. The number of nitrogens with zero attached hydrogens (tertiary/aromatic N) is 3. The Morgan fingerprint density at radius 2 is 2.10 bits per heavy atom. The second-order valence-corrected chi connectivity index (χ2v) is 4.41. The number of aromatic nitrogens is 2. The van der Waals surface area contributed by atoms with Crippen LogP contribution in [0.2, 0.25) is 5.02 Å². The largest absolute Gasteiger partial charge is 0.456 e. The van der Waals surface area contributed by atoms with Crippen molar-refractivity contribution in [2.24, 2.45) is 7.05 Å². The standard InChI is InChI=1S/C12H10ClN3O4/c1-15-6-10(13)11(14-15)12(17)20-7-8-2-4-9(5-3-8)16(18)19/h2-6H,7H2,1H3. The van der Waals surface area contributed by atoms with Gasteiger partial charge in [0, 0.05) is 25.4 Å². The molecule has 8 heteroatoms. The third kappa shape index (κ3) is 3.12. The lowest BCUT2D eigenvalue weighted by atomic mass is 10.2. The number of non-ortho nitro benzene ring substituents is 1. The number of aryl methyl sites for hydroxylation is 1. The molecule has 0 aliphatic heterocycles. The van der Waals surface area contributed by atoms with Gasteiger partial charge in [-0.1, -0.05) is 11.6 Å². The van der Waals surface area contributed by atoms with Crippen molar-refractivity contribution in [3.8, 4) is 0 Å². The van der Waals surface area contributed by atoms with Crippen molar-refractivity contribution in [3.05, 3.63) is 56.9 Å². The molecule has 0 fully saturated rings. The van der Waals surface area contributed by atoms with Gasteiger partial charge in [-0.05, 0) is 17.7 Å². The average Bonchev–Trinajstić information content (AvgIpc) is 2.75. The Balaban J connectivity index is 2.00. The van der Waals surface area contributed by atoms with Crippen molar-refractivity contribution in [2.75, 3.05) is 0 Å². The molecule has 2 aromatic rings. The van der Waals surface area contributed by atoms with Crippen molar-refractivity contribution in [1.29, 1.82) is 0 Å². The second-order valence-electron chi connectivity index (χ2n) is 4.00. The van der Waals surface area contributed by atoms with Crippen molar-refractivity contribution in [1.82, 2.24) is 9.78 Å². The number of halogens is 1. The highest BCUT2D eigenvalue weighted by molar-refractivity contribution is 6.33. The molecule has 20 heavy (non-hydrogen) atoms. The number of hydrogen-bond acceptors (Lipinski definition) is 5. The summed E-state index contributed by atoms with van der Waals surface area (Å²) in [7, 11) is 1.64. The maximum absolute atomic E-state index is 11.7. The first kappa shape index (κ1) is 14.0. The van der Waals surface area contributed by atoms with E-state index in [-0.39, 0.29) is 23.0 Å². The van der Waals surface area contributed by atoms with Crippen LogP contribution in [0.4, 0.5) is 5.69 Å². The summed E-state index contributed by atoms with van der Waals surface area (Å²) in [4.78, 5) is 21.7. The number of benzene rings is 1. The monoisotopic (exact) mass is 295 g/mol. The zero-order valence-electron chi connectivity index (χ0n) is 10.4. The molecule has 0 amide bonds. The zero-order chi connectivity index (χ0) is 14.7. The van der Waals surface area contributed by atoms with Crippen LogP contribution in [-0.2, 0) is 18.4 Å². The highest BCUT2D eigenvalue weighted by Gasteiger charge is 2.16. The normalized spacial score (nSPS) is 10.3. The van der Waals surface area contributed by atoms with Gasteiger partial charge in [0.25, 0.3) is 5.69 Å². The molecule has 1 aromatic heterocycles. The number of carbonyl (C=O) groups excluding carboxylic acids is 1. The molecule has 104 valence electrons. The predicted octanol–water partition coefficient (Wildman–Crippen LogP) is 2.34. The molecule has 0 spiro atoms. The lowest BCUT2D eigenvalue weighted by Crippen LogP contribution is -2.07. The minimum Gasteiger partial charge on any atom is -0.456 e. The summed E-state index contributed by atoms with van der Waals surface area (Å²) in [6.07, 6.45) is 1.49. The fourth-order valence-electron chi connectivity index (χ4n) is 1.53. The van der Waals surface area contributed by atoms with Gasteiger partial charge in [-0.15, -0.1) is 0 Å². The number of rotatable bonds is 4. The van der Waals surface area contributed by atoms with Gasteiger partial charge in [0.2, 0.25) is 0 Å². The molecule has 0 radical (unpaired) electrons. The van der Waals surface area contributed by atoms with E-state index in [9.17, 15) is 14.9 Å². The molecule has 0 aliphatic rings. The maximum atomic E-state index is 11.7. The summed E-state index contributed by atoms with van der Waals surface area (Å²) < 4.78 is 6.45. The minimum absolute atomic E-state index is 0.0102. The summed E-state index contributed by atoms with van der Waals surface area (Å²) in [6, 6.07) is 5.73. The van der Waals surface area contributed by atoms with E-state index in [1.54, 1.807) is 7.05 Å². The van der Waals surface area contributed by atoms with Crippen LogP contribution in [0.5, 0.6) is 0 Å². The maximum Gasteiger partial charge on any atom is 0.360 e. The number of ether oxygens (including phenoxy) is 1. The van der Waals surface area contributed by atoms with Gasteiger partial charge in [0.15, 0.2) is 5.69 Å². The van der Waals surface area contributed by atoms with E-state index in [4.69, 9.17) is 16.3 Å². The summed E-state index contributed by atoms with van der Waals surface area (Å²) in [5, 5.41) is 14.6. The molecule has 0 saturated heterocycles. The van der Waals surface area contributed by atoms with Crippen molar-refractivity contribution in [3.63, 3.8) is 0 Å². The molecule has 0 bridgehead atoms. The van der Waals surface area contributed by atoms with E-state index in [1.165, 1.54) is 35.1 Å². The van der Waals surface area contributed by atoms with Gasteiger partial charge < -0.3 is 4.74 Å². The molecular formula is C12H10ClN3O4. The lowest BCUT2D eigenvalue weighted by molar-refractivity contribution is -0.384. The Labute approximate surface area is 118 Å². The Kier molecular flexibility index (Phi) is 3.99. The number of nitro groups is 1. The molecule has 0 unspecified atom stereocenters. The molecule has 0 N–H and O–H groups in total. The minimum atomic E-state index is -0.644. The number of nitro benzene ring substituents is 1. The Morgan fingerprint density at radius 1 is 1.45 bits per heavy atom. The van der Waals surface area contributed by atoms with Crippen LogP contribution in [0.25, 0.3) is 0 Å². The van der Waals surface area contributed by atoms with Crippen LogP contribution >= 0.6 is 11.6 Å². The number of hydrogen-bond donors (Lipinski definition) is 0. The molecule has 1 aromatic carbocycles. The predicted molar refractivity (Wildman–Crippen MR) is 70.4 cm³/mol. The molecule has 0 aliphatic carbocycles. The van der Waals surface area contributed by atoms with Crippen molar-refractivity contribution >= 4 is 23.3 Å². The van der Waals surface area contributed by atoms with Crippen LogP contribution in [0, 0.1) is 10.1 Å². The van der Waals surface area contributed by atoms with Crippen LogP contribution in [0.3, 0.4) is 0 Å². The first-order chi connectivity index (χ1) is 9.47. The van der Waals surface area contributed by atoms with Gasteiger partial charge in [0.05, 0.1) is 9.95 Å². The smallest absolute Gasteiger partial charge is 0.360 e. The lowest BCUT2D eigenvalue weighted by Gasteiger charge is -2.03. The SMILES string of the molecule is Cn1cc(Cl)c(C(=O)OCc2ccc([N+](=O)[O-])cc2)n1. The van der Waals surface area contributed by atoms with Crippen molar-refractivity contribution < 1.29 is 14.5 Å². The molecular weight excluding hydrogens is 286 g/mol. The van der Waals surface area contributed by atoms with Crippen molar-refractivity contribution in [2.45, 2.75) is 6.61 Å². The van der Waals surface area contributed by atoms with Gasteiger partial charge >= 0.3 is 5.97 Å². The summed E-state index contributed by atoms with van der Waals surface area (Å²) in [6.45, 7) is -0.0102. The van der Waals surface area contributed by atoms with Crippen LogP contribution in [0.15, 0.2) is 30.5 Å². The Morgan fingerprint density at radius 3 is 2.60 bits per heavy atom. The second kappa shape index (κ2) is 5.70. The van der Waals surface area contributed by atoms with Gasteiger partial charge in [-0.2, -0.15) is 5.10 Å². The number of carbonyl (C=O) groups is 1. The van der Waals surface area contributed by atoms with Crippen LogP contribution < -0.4 is 0 Å². The highest BCUT2D eigenvalue weighted by Crippen LogP contribution is 2.16. The summed E-state index contributed by atoms with van der Waals surface area (Å²) >= 11 is 5.82. The van der Waals surface area contributed by atoms with E-state index >= 15 is 0 Å². The zero-order valence-corrected chi connectivity index (χ0v) is 11.2. The van der Waals surface area contributed by atoms with Gasteiger partial charge in [0.1, 0.15) is 6.61 Å². The van der Waals surface area contributed by atoms with E-state index in [0.717, 1.165) is 0 Å². The third-order valence-electron chi connectivity index (χ3n) is 2.49. The van der Waals surface area contributed by atoms with E-state index in [2.05, 4.69) is 5.10 Å². The average molecular weight is 296 g/mol. The number of esters is 1. The van der Waals surface area contributed by atoms with Crippen LogP contribution in [0.1, 0.15) is 16.1 Å². The summed E-state index contributed by atoms with van der Waals surface area (Å²) in [5.74, 6) is -0.644. The van der Waals surface area contributed by atoms with Gasteiger partial charge in [-0.25, -0.2) is 4.79 Å². The fourth-order valence-corrected chi connectivity index (χ4v) is 1.79. The topological polar surface area (TPSA) is 87.3 Å². The molecule has 2 rings (SSSR count). The quantitative estimate of drug-likeness (QED) is 0.491. The fraction of sp³-hybridized carbons (Fsp3) is 0.167. The Hall–Kier alpha value is -2.41. The van der Waals surface area contributed by atoms with E-state index in [1.807, 2.05) is 0 Å². The van der Waals surface area contributed by atoms with Gasteiger partial charge in [-0.3, -0.25) is 14.8 Å². The molecule has 0 saturated carbocycles. The summed E-state index contributed by atoms with van der Waals surface area (Å²) in [5.41, 5.74) is 0.653. The first-order valence-electron chi connectivity index (χ1n) is 5.57. The van der Waals surface area contributed by atoms with E-state index < -0.39 is 10.9 Å². The van der Waals surface area contributed by atoms with E-state index in [0.29, 0.717) is 5.56 Å². The molecule has 7 nitrogen and oxygen atoms in total. The third-order valence-corrected chi connectivity index (χ3v) is 2.77. The first-order valence-corrected chi connectivity index (χ1v) is 5.95. The molecule has 0 atom stereocenters. The van der Waals surface area contributed by atoms with Crippen LogP contribution in [-0.4, -0.2) is 20.7 Å².